The fraction of sp³-hybridized carbons (Fsp3) is 0.680. The molecular weight excluding hydrogens is 364 g/mol. The van der Waals surface area contributed by atoms with E-state index in [9.17, 15) is 9.59 Å². The predicted octanol–water partition coefficient (Wildman–Crippen LogP) is 5.54. The average Bonchev–Trinajstić information content (AvgIpc) is 3.33. The molecule has 29 heavy (non-hydrogen) atoms. The zero-order chi connectivity index (χ0) is 20.6. The van der Waals surface area contributed by atoms with Crippen molar-refractivity contribution in [2.24, 2.45) is 29.6 Å². The fourth-order valence-electron chi connectivity index (χ4n) is 5.07. The SMILES string of the molecule is CC(C)CCCCCCOC(=O)C1C2CCC(C2)C1C(=O)OCc1ccccc1. The molecule has 4 unspecified atom stereocenters. The summed E-state index contributed by atoms with van der Waals surface area (Å²) in [6, 6.07) is 9.70. The Morgan fingerprint density at radius 3 is 2.17 bits per heavy atom. The molecule has 2 fully saturated rings. The Labute approximate surface area is 175 Å². The first-order valence-corrected chi connectivity index (χ1v) is 11.4. The number of hydrogen-bond donors (Lipinski definition) is 0. The lowest BCUT2D eigenvalue weighted by molar-refractivity contribution is -0.164. The van der Waals surface area contributed by atoms with Gasteiger partial charge in [0.15, 0.2) is 0 Å². The monoisotopic (exact) mass is 400 g/mol. The molecule has 4 atom stereocenters. The molecule has 0 N–H and O–H groups in total. The van der Waals surface area contributed by atoms with E-state index >= 15 is 0 Å². The maximum Gasteiger partial charge on any atom is 0.310 e. The van der Waals surface area contributed by atoms with Crippen molar-refractivity contribution in [1.82, 2.24) is 0 Å². The van der Waals surface area contributed by atoms with Gasteiger partial charge in [-0.2, -0.15) is 0 Å². The number of carbonyl (C=O) groups is 2. The topological polar surface area (TPSA) is 52.6 Å². The minimum Gasteiger partial charge on any atom is -0.465 e. The summed E-state index contributed by atoms with van der Waals surface area (Å²) < 4.78 is 11.2. The van der Waals surface area contributed by atoms with Crippen LogP contribution in [0.4, 0.5) is 0 Å². The van der Waals surface area contributed by atoms with Crippen molar-refractivity contribution >= 4 is 11.9 Å². The van der Waals surface area contributed by atoms with Crippen molar-refractivity contribution < 1.29 is 19.1 Å². The number of carbonyl (C=O) groups excluding carboxylic acids is 2. The zero-order valence-corrected chi connectivity index (χ0v) is 18.0. The maximum absolute atomic E-state index is 12.8. The third-order valence-corrected chi connectivity index (χ3v) is 6.60. The molecule has 160 valence electrons. The summed E-state index contributed by atoms with van der Waals surface area (Å²) in [5.41, 5.74) is 0.973. The number of unbranched alkanes of at least 4 members (excludes halogenated alkanes) is 3. The van der Waals surface area contributed by atoms with Crippen LogP contribution in [0, 0.1) is 29.6 Å². The van der Waals surface area contributed by atoms with Crippen molar-refractivity contribution in [3.63, 3.8) is 0 Å². The van der Waals surface area contributed by atoms with Gasteiger partial charge in [0.1, 0.15) is 6.61 Å². The summed E-state index contributed by atoms with van der Waals surface area (Å²) >= 11 is 0. The number of rotatable bonds is 11. The molecule has 4 nitrogen and oxygen atoms in total. The molecule has 0 heterocycles. The van der Waals surface area contributed by atoms with Gasteiger partial charge in [-0.25, -0.2) is 0 Å². The Morgan fingerprint density at radius 1 is 0.897 bits per heavy atom. The van der Waals surface area contributed by atoms with Crippen LogP contribution in [0.1, 0.15) is 70.8 Å². The third-order valence-electron chi connectivity index (χ3n) is 6.60. The summed E-state index contributed by atoms with van der Waals surface area (Å²) in [4.78, 5) is 25.6. The first-order valence-electron chi connectivity index (χ1n) is 11.4. The fourth-order valence-corrected chi connectivity index (χ4v) is 5.07. The second-order valence-corrected chi connectivity index (χ2v) is 9.24. The second-order valence-electron chi connectivity index (χ2n) is 9.24. The molecule has 0 radical (unpaired) electrons. The molecule has 0 amide bonds. The van der Waals surface area contributed by atoms with E-state index in [1.54, 1.807) is 0 Å². The highest BCUT2D eigenvalue weighted by molar-refractivity contribution is 5.83. The molecule has 2 aliphatic rings. The molecule has 0 aromatic heterocycles. The number of ether oxygens (including phenoxy) is 2. The van der Waals surface area contributed by atoms with Crippen molar-refractivity contribution in [3.8, 4) is 0 Å². The van der Waals surface area contributed by atoms with Crippen molar-refractivity contribution in [2.45, 2.75) is 71.8 Å². The lowest BCUT2D eigenvalue weighted by Crippen LogP contribution is -2.37. The Morgan fingerprint density at radius 2 is 1.52 bits per heavy atom. The Bertz CT molecular complexity index is 654. The van der Waals surface area contributed by atoms with Crippen LogP contribution in [0.3, 0.4) is 0 Å². The Kier molecular flexibility index (Phi) is 8.14. The molecule has 2 saturated carbocycles. The van der Waals surface area contributed by atoms with Gasteiger partial charge in [0, 0.05) is 0 Å². The van der Waals surface area contributed by atoms with Crippen molar-refractivity contribution in [1.29, 1.82) is 0 Å². The van der Waals surface area contributed by atoms with Gasteiger partial charge in [-0.1, -0.05) is 69.9 Å². The van der Waals surface area contributed by atoms with Crippen LogP contribution in [0.5, 0.6) is 0 Å². The quantitative estimate of drug-likeness (QED) is 0.361. The van der Waals surface area contributed by atoms with Gasteiger partial charge in [0.05, 0.1) is 18.4 Å². The summed E-state index contributed by atoms with van der Waals surface area (Å²) in [5, 5.41) is 0. The first kappa shape index (κ1) is 21.9. The summed E-state index contributed by atoms with van der Waals surface area (Å²) in [6.45, 7) is 5.24. The van der Waals surface area contributed by atoms with Crippen LogP contribution in [0.15, 0.2) is 30.3 Å². The standard InChI is InChI=1S/C25H36O4/c1-18(2)10-6-3-4-9-15-28-24(26)22-20-13-14-21(16-20)23(22)25(27)29-17-19-11-7-5-8-12-19/h5,7-8,11-12,18,20-23H,3-4,6,9-10,13-17H2,1-2H3. The first-order chi connectivity index (χ1) is 14.1. The van der Waals surface area contributed by atoms with Crippen LogP contribution in [0.2, 0.25) is 0 Å². The number of hydrogen-bond acceptors (Lipinski definition) is 4. The Balaban J connectivity index is 1.44. The highest BCUT2D eigenvalue weighted by atomic mass is 16.5. The second kappa shape index (κ2) is 10.8. The smallest absolute Gasteiger partial charge is 0.310 e. The van der Waals surface area contributed by atoms with E-state index in [-0.39, 0.29) is 42.2 Å². The predicted molar refractivity (Wildman–Crippen MR) is 113 cm³/mol. The van der Waals surface area contributed by atoms with Crippen molar-refractivity contribution in [3.05, 3.63) is 35.9 Å². The van der Waals surface area contributed by atoms with E-state index in [0.717, 1.165) is 43.6 Å². The van der Waals surface area contributed by atoms with Crippen LogP contribution in [0.25, 0.3) is 0 Å². The van der Waals surface area contributed by atoms with Crippen LogP contribution in [-0.2, 0) is 25.7 Å². The average molecular weight is 401 g/mol. The van der Waals surface area contributed by atoms with Crippen LogP contribution >= 0.6 is 0 Å². The number of fused-ring (bicyclic) bond motifs is 2. The summed E-state index contributed by atoms with van der Waals surface area (Å²) in [5.74, 6) is 0.278. The van der Waals surface area contributed by atoms with Gasteiger partial charge >= 0.3 is 11.9 Å². The molecule has 1 aromatic rings. The van der Waals surface area contributed by atoms with Gasteiger partial charge in [-0.3, -0.25) is 9.59 Å². The number of esters is 2. The van der Waals surface area contributed by atoms with Gasteiger partial charge in [-0.05, 0) is 49.0 Å². The third kappa shape index (κ3) is 6.07. The molecule has 0 saturated heterocycles. The van der Waals surface area contributed by atoms with Gasteiger partial charge in [-0.15, -0.1) is 0 Å². The van der Waals surface area contributed by atoms with E-state index < -0.39 is 0 Å². The van der Waals surface area contributed by atoms with Gasteiger partial charge in [0.2, 0.25) is 0 Å². The maximum atomic E-state index is 12.8. The van der Waals surface area contributed by atoms with E-state index in [4.69, 9.17) is 9.47 Å². The van der Waals surface area contributed by atoms with Crippen molar-refractivity contribution in [2.75, 3.05) is 6.61 Å². The van der Waals surface area contributed by atoms with Gasteiger partial charge in [0.25, 0.3) is 0 Å². The largest absolute Gasteiger partial charge is 0.465 e. The normalized spacial score (nSPS) is 25.3. The molecule has 4 heteroatoms. The lowest BCUT2D eigenvalue weighted by atomic mass is 9.79. The highest BCUT2D eigenvalue weighted by Gasteiger charge is 2.55. The van der Waals surface area contributed by atoms with Gasteiger partial charge < -0.3 is 9.47 Å². The van der Waals surface area contributed by atoms with E-state index in [2.05, 4.69) is 13.8 Å². The molecule has 0 aliphatic heterocycles. The molecule has 0 spiro atoms. The summed E-state index contributed by atoms with van der Waals surface area (Å²) in [7, 11) is 0. The van der Waals surface area contributed by atoms with Crippen LogP contribution in [-0.4, -0.2) is 18.5 Å². The van der Waals surface area contributed by atoms with Crippen LogP contribution < -0.4 is 0 Å². The highest BCUT2D eigenvalue weighted by Crippen LogP contribution is 2.53. The number of benzene rings is 1. The molecule has 3 rings (SSSR count). The minimum atomic E-state index is -0.323. The van der Waals surface area contributed by atoms with E-state index in [1.807, 2.05) is 30.3 Å². The Hall–Kier alpha value is -1.84. The molecule has 2 aliphatic carbocycles. The van der Waals surface area contributed by atoms with E-state index in [0.29, 0.717) is 6.61 Å². The molecule has 2 bridgehead atoms. The summed E-state index contributed by atoms with van der Waals surface area (Å²) in [6.07, 6.45) is 8.72. The minimum absolute atomic E-state index is 0.180. The zero-order valence-electron chi connectivity index (χ0n) is 18.0. The molecule has 1 aromatic carbocycles. The van der Waals surface area contributed by atoms with E-state index in [1.165, 1.54) is 19.3 Å². The molecular formula is C25H36O4. The lowest BCUT2D eigenvalue weighted by Gasteiger charge is -2.27.